The Kier molecular flexibility index (Phi) is 3.29. The van der Waals surface area contributed by atoms with Gasteiger partial charge in [-0.05, 0) is 46.3 Å². The van der Waals surface area contributed by atoms with Crippen molar-refractivity contribution in [3.8, 4) is 0 Å². The van der Waals surface area contributed by atoms with Gasteiger partial charge in [0.2, 0.25) is 0 Å². The Morgan fingerprint density at radius 3 is 2.70 bits per heavy atom. The van der Waals surface area contributed by atoms with E-state index < -0.39 is 0 Å². The molecule has 0 amide bonds. The molecule has 1 saturated carbocycles. The Labute approximate surface area is 64.9 Å². The van der Waals surface area contributed by atoms with Gasteiger partial charge in [0.25, 0.3) is 0 Å². The summed E-state index contributed by atoms with van der Waals surface area (Å²) in [7, 11) is 0.466. The van der Waals surface area contributed by atoms with Crippen LogP contribution in [0.1, 0.15) is 19.3 Å². The molecular formula is C8H16OSi. The third kappa shape index (κ3) is 2.35. The zero-order chi connectivity index (χ0) is 7.40. The molecule has 10 heavy (non-hydrogen) atoms. The molecule has 0 radical (unpaired) electrons. The summed E-state index contributed by atoms with van der Waals surface area (Å²) < 4.78 is 0. The predicted octanol–water partition coefficient (Wildman–Crippen LogP) is 0.682. The van der Waals surface area contributed by atoms with Crippen LogP contribution in [0.2, 0.25) is 6.04 Å². The van der Waals surface area contributed by atoms with E-state index in [4.69, 9.17) is 5.11 Å². The molecule has 0 aromatic rings. The predicted molar refractivity (Wildman–Crippen MR) is 47.0 cm³/mol. The first-order chi connectivity index (χ1) is 4.88. The molecule has 2 atom stereocenters. The SMILES string of the molecule is C=[SiH]CC[C@@H]1C[C@H]1CCO. The van der Waals surface area contributed by atoms with Gasteiger partial charge < -0.3 is 5.11 Å². The Bertz CT molecular complexity index is 114. The lowest BCUT2D eigenvalue weighted by molar-refractivity contribution is 0.276. The summed E-state index contributed by atoms with van der Waals surface area (Å²) in [5.41, 5.74) is 0. The molecule has 0 aromatic carbocycles. The van der Waals surface area contributed by atoms with Crippen LogP contribution in [-0.4, -0.2) is 27.0 Å². The van der Waals surface area contributed by atoms with Gasteiger partial charge in [-0.25, -0.2) is 0 Å². The second-order valence-electron chi connectivity index (χ2n) is 3.13. The molecule has 0 unspecified atom stereocenters. The summed E-state index contributed by atoms with van der Waals surface area (Å²) in [5, 5.41) is 8.61. The minimum atomic E-state index is 0.387. The molecule has 1 aliphatic carbocycles. The molecule has 0 aromatic heterocycles. The Morgan fingerprint density at radius 2 is 2.10 bits per heavy atom. The van der Waals surface area contributed by atoms with Crippen molar-refractivity contribution >= 4 is 15.3 Å². The minimum Gasteiger partial charge on any atom is -0.396 e. The molecule has 1 rings (SSSR count). The maximum absolute atomic E-state index is 8.61. The third-order valence-electron chi connectivity index (χ3n) is 2.31. The average Bonchev–Trinajstić information content (AvgIpc) is 2.65. The Hall–Kier alpha value is 0.0469. The molecule has 0 spiro atoms. The summed E-state index contributed by atoms with van der Waals surface area (Å²) in [6.07, 6.45) is 7.68. The fourth-order valence-corrected chi connectivity index (χ4v) is 2.18. The number of aliphatic hydroxyl groups excluding tert-OH is 1. The minimum absolute atomic E-state index is 0.387. The van der Waals surface area contributed by atoms with Crippen LogP contribution in [0.4, 0.5) is 0 Å². The number of rotatable bonds is 5. The highest BCUT2D eigenvalue weighted by Crippen LogP contribution is 2.43. The van der Waals surface area contributed by atoms with Crippen LogP contribution in [0.15, 0.2) is 0 Å². The van der Waals surface area contributed by atoms with Crippen molar-refractivity contribution in [2.75, 3.05) is 6.61 Å². The molecule has 0 heterocycles. The molecule has 0 saturated heterocycles. The van der Waals surface area contributed by atoms with E-state index in [2.05, 4.69) is 6.17 Å². The van der Waals surface area contributed by atoms with Gasteiger partial charge in [0.05, 0.1) is 0 Å². The summed E-state index contributed by atoms with van der Waals surface area (Å²) in [5.74, 6) is 1.83. The maximum atomic E-state index is 8.61. The van der Waals surface area contributed by atoms with Crippen molar-refractivity contribution in [1.82, 2.24) is 0 Å². The molecular weight excluding hydrogens is 140 g/mol. The number of hydrogen-bond donors (Lipinski definition) is 1. The normalized spacial score (nSPS) is 30.1. The number of hydrogen-bond acceptors (Lipinski definition) is 1. The van der Waals surface area contributed by atoms with Gasteiger partial charge in [-0.3, -0.25) is 0 Å². The fourth-order valence-electron chi connectivity index (χ4n) is 1.52. The van der Waals surface area contributed by atoms with Gasteiger partial charge in [-0.1, -0.05) is 0 Å². The van der Waals surface area contributed by atoms with Gasteiger partial charge in [0, 0.05) is 6.61 Å². The smallest absolute Gasteiger partial charge is 0.0433 e. The fraction of sp³-hybridized carbons (Fsp3) is 0.875. The standard InChI is InChI=1S/C8H16OSi/c1-10-5-3-8-6-7(8)2-4-9/h7-10H,1-6H2/t7-,8-/m1/s1. The van der Waals surface area contributed by atoms with E-state index in [1.165, 1.54) is 18.9 Å². The first-order valence-corrected chi connectivity index (χ1v) is 5.73. The zero-order valence-corrected chi connectivity index (χ0v) is 7.58. The highest BCUT2D eigenvalue weighted by atomic mass is 28.2. The average molecular weight is 156 g/mol. The van der Waals surface area contributed by atoms with Gasteiger partial charge in [-0.2, -0.15) is 0 Å². The second kappa shape index (κ2) is 4.04. The van der Waals surface area contributed by atoms with Crippen LogP contribution in [0, 0.1) is 11.8 Å². The van der Waals surface area contributed by atoms with Crippen molar-refractivity contribution < 1.29 is 5.11 Å². The maximum Gasteiger partial charge on any atom is 0.0433 e. The summed E-state index contributed by atoms with van der Waals surface area (Å²) in [6, 6.07) is 1.35. The van der Waals surface area contributed by atoms with Crippen molar-refractivity contribution in [3.63, 3.8) is 0 Å². The van der Waals surface area contributed by atoms with Crippen LogP contribution in [0.25, 0.3) is 0 Å². The van der Waals surface area contributed by atoms with Gasteiger partial charge >= 0.3 is 0 Å². The number of aliphatic hydroxyl groups is 1. The van der Waals surface area contributed by atoms with Gasteiger partial charge in [0.1, 0.15) is 0 Å². The van der Waals surface area contributed by atoms with E-state index in [1.807, 2.05) is 0 Å². The quantitative estimate of drug-likeness (QED) is 0.580. The van der Waals surface area contributed by atoms with Crippen molar-refractivity contribution in [3.05, 3.63) is 0 Å². The van der Waals surface area contributed by atoms with Crippen LogP contribution < -0.4 is 0 Å². The summed E-state index contributed by atoms with van der Waals surface area (Å²) in [6.45, 7) is 0.387. The monoisotopic (exact) mass is 156 g/mol. The summed E-state index contributed by atoms with van der Waals surface area (Å²) in [4.78, 5) is 0. The van der Waals surface area contributed by atoms with Crippen LogP contribution in [0.5, 0.6) is 0 Å². The molecule has 0 bridgehead atoms. The lowest BCUT2D eigenvalue weighted by atomic mass is 10.2. The molecule has 1 aliphatic rings. The molecule has 1 nitrogen and oxygen atoms in total. The van der Waals surface area contributed by atoms with Crippen molar-refractivity contribution in [2.45, 2.75) is 25.3 Å². The largest absolute Gasteiger partial charge is 0.396 e. The van der Waals surface area contributed by atoms with E-state index in [1.54, 1.807) is 0 Å². The lowest BCUT2D eigenvalue weighted by Crippen LogP contribution is -1.88. The molecule has 1 N–H and O–H groups in total. The van der Waals surface area contributed by atoms with Gasteiger partial charge in [-0.15, -0.1) is 6.17 Å². The Morgan fingerprint density at radius 1 is 1.40 bits per heavy atom. The van der Waals surface area contributed by atoms with Crippen molar-refractivity contribution in [2.24, 2.45) is 11.8 Å². The van der Waals surface area contributed by atoms with Crippen LogP contribution in [0.3, 0.4) is 0 Å². The first-order valence-electron chi connectivity index (χ1n) is 4.10. The van der Waals surface area contributed by atoms with Gasteiger partial charge in [0.15, 0.2) is 0 Å². The highest BCUT2D eigenvalue weighted by molar-refractivity contribution is 6.40. The van der Waals surface area contributed by atoms with Crippen LogP contribution in [-0.2, 0) is 0 Å². The third-order valence-corrected chi connectivity index (χ3v) is 3.05. The summed E-state index contributed by atoms with van der Waals surface area (Å²) >= 11 is 0. The molecule has 0 aliphatic heterocycles. The molecule has 1 fully saturated rings. The zero-order valence-electron chi connectivity index (χ0n) is 6.42. The van der Waals surface area contributed by atoms with E-state index in [-0.39, 0.29) is 0 Å². The second-order valence-corrected chi connectivity index (χ2v) is 4.29. The highest BCUT2D eigenvalue weighted by Gasteiger charge is 2.34. The van der Waals surface area contributed by atoms with E-state index in [9.17, 15) is 0 Å². The Balaban J connectivity index is 1.96. The molecule has 2 heteroatoms. The van der Waals surface area contributed by atoms with E-state index in [0.29, 0.717) is 15.7 Å². The molecule has 58 valence electrons. The first kappa shape index (κ1) is 8.15. The van der Waals surface area contributed by atoms with E-state index in [0.717, 1.165) is 18.3 Å². The van der Waals surface area contributed by atoms with E-state index >= 15 is 0 Å². The van der Waals surface area contributed by atoms with Crippen LogP contribution >= 0.6 is 0 Å². The van der Waals surface area contributed by atoms with Crippen molar-refractivity contribution in [1.29, 1.82) is 0 Å². The topological polar surface area (TPSA) is 20.2 Å². The lowest BCUT2D eigenvalue weighted by Gasteiger charge is -1.93.